The van der Waals surface area contributed by atoms with Crippen LogP contribution in [-0.4, -0.2) is 24.2 Å². The van der Waals surface area contributed by atoms with Crippen molar-refractivity contribution in [2.24, 2.45) is 0 Å². The molecule has 1 aliphatic rings. The van der Waals surface area contributed by atoms with Gasteiger partial charge in [0.15, 0.2) is 0 Å². The van der Waals surface area contributed by atoms with E-state index in [1.807, 2.05) is 26.2 Å². The Bertz CT molecular complexity index is 724. The van der Waals surface area contributed by atoms with Crippen LogP contribution in [0.5, 0.6) is 0 Å². The van der Waals surface area contributed by atoms with Crippen LogP contribution < -0.4 is 4.72 Å². The second-order valence-corrected chi connectivity index (χ2v) is 7.71. The van der Waals surface area contributed by atoms with Crippen molar-refractivity contribution >= 4 is 11.9 Å². The van der Waals surface area contributed by atoms with E-state index in [-0.39, 0.29) is 5.92 Å². The maximum atomic E-state index is 12.9. The average molecular weight is 425 g/mol. The Hall–Kier alpha value is -1.50. The van der Waals surface area contributed by atoms with Crippen LogP contribution in [0.2, 0.25) is 0 Å². The highest BCUT2D eigenvalue weighted by Gasteiger charge is 2.31. The molecule has 0 saturated carbocycles. The van der Waals surface area contributed by atoms with Gasteiger partial charge in [0.1, 0.15) is 0 Å². The van der Waals surface area contributed by atoms with Gasteiger partial charge in [0.25, 0.3) is 0 Å². The summed E-state index contributed by atoms with van der Waals surface area (Å²) in [4.78, 5) is 2.39. The summed E-state index contributed by atoms with van der Waals surface area (Å²) in [6, 6.07) is 14.4. The number of nitrogens with zero attached hydrogens (tertiary/aromatic N) is 1. The summed E-state index contributed by atoms with van der Waals surface area (Å²) in [6.45, 7) is 7.57. The molecule has 1 saturated heterocycles. The monoisotopic (exact) mass is 424 g/mol. The summed E-state index contributed by atoms with van der Waals surface area (Å²) in [5, 5.41) is 0. The molecular formula is C23H31F3N2S. The molecule has 29 heavy (non-hydrogen) atoms. The lowest BCUT2D eigenvalue weighted by atomic mass is 9.88. The molecule has 0 aromatic heterocycles. The Balaban J connectivity index is 0.00000145. The summed E-state index contributed by atoms with van der Waals surface area (Å²) >= 11 is 1.61. The Kier molecular flexibility index (Phi) is 9.53. The zero-order valence-electron chi connectivity index (χ0n) is 17.4. The molecule has 6 heteroatoms. The van der Waals surface area contributed by atoms with E-state index in [4.69, 9.17) is 0 Å². The van der Waals surface area contributed by atoms with Gasteiger partial charge in [-0.1, -0.05) is 68.3 Å². The van der Waals surface area contributed by atoms with Crippen molar-refractivity contribution in [2.75, 3.05) is 19.3 Å². The van der Waals surface area contributed by atoms with Crippen molar-refractivity contribution in [3.8, 4) is 0 Å². The predicted octanol–water partition coefficient (Wildman–Crippen LogP) is 6.48. The lowest BCUT2D eigenvalue weighted by Gasteiger charge is -2.32. The maximum absolute atomic E-state index is 12.9. The van der Waals surface area contributed by atoms with Crippen molar-refractivity contribution in [2.45, 2.75) is 51.9 Å². The van der Waals surface area contributed by atoms with Gasteiger partial charge in [-0.3, -0.25) is 9.62 Å². The normalized spacial score (nSPS) is 15.7. The first-order valence-electron chi connectivity index (χ1n) is 10.2. The highest BCUT2D eigenvalue weighted by Crippen LogP contribution is 2.34. The van der Waals surface area contributed by atoms with Crippen LogP contribution in [0.4, 0.5) is 13.2 Å². The van der Waals surface area contributed by atoms with Crippen LogP contribution in [0.3, 0.4) is 0 Å². The highest BCUT2D eigenvalue weighted by atomic mass is 32.2. The molecule has 0 radical (unpaired) electrons. The number of hydrogen-bond donors (Lipinski definition) is 1. The predicted molar refractivity (Wildman–Crippen MR) is 117 cm³/mol. The molecule has 0 aliphatic carbocycles. The Labute approximate surface area is 177 Å². The molecule has 0 unspecified atom stereocenters. The van der Waals surface area contributed by atoms with Gasteiger partial charge < -0.3 is 0 Å². The summed E-state index contributed by atoms with van der Waals surface area (Å²) < 4.78 is 42.0. The van der Waals surface area contributed by atoms with Gasteiger partial charge in [0.2, 0.25) is 0 Å². The molecule has 1 fully saturated rings. The van der Waals surface area contributed by atoms with Crippen molar-refractivity contribution in [1.29, 1.82) is 0 Å². The summed E-state index contributed by atoms with van der Waals surface area (Å²) in [5.74, 6) is 0.212. The summed E-state index contributed by atoms with van der Waals surface area (Å²) in [5.41, 5.74) is 2.81. The van der Waals surface area contributed by atoms with E-state index in [0.29, 0.717) is 0 Å². The topological polar surface area (TPSA) is 15.3 Å². The third-order valence-electron chi connectivity index (χ3n) is 5.12. The number of alkyl halides is 3. The molecule has 0 atom stereocenters. The lowest BCUT2D eigenvalue weighted by molar-refractivity contribution is -0.137. The highest BCUT2D eigenvalue weighted by molar-refractivity contribution is 7.96. The second kappa shape index (κ2) is 11.6. The Morgan fingerprint density at radius 1 is 1.00 bits per heavy atom. The van der Waals surface area contributed by atoms with Crippen LogP contribution in [0.1, 0.15) is 54.9 Å². The second-order valence-electron chi connectivity index (χ2n) is 7.02. The minimum Gasteiger partial charge on any atom is -0.299 e. The molecule has 2 aromatic carbocycles. The average Bonchev–Trinajstić information content (AvgIpc) is 2.75. The standard InChI is InChI=1S/C21H25F3N2S.C2H6/c1-27-25-14-16-5-7-17(8-6-16)15-26-11-9-18(10-12-26)19-3-2-4-20(13-19)21(22,23)24;1-2/h2-8,13,18,25H,9-12,14-15H2,1H3;1-2H3. The van der Waals surface area contributed by atoms with Gasteiger partial charge in [-0.15, -0.1) is 0 Å². The van der Waals surface area contributed by atoms with Crippen molar-refractivity contribution in [3.05, 3.63) is 70.8 Å². The minimum atomic E-state index is -4.27. The number of nitrogens with one attached hydrogen (secondary N) is 1. The van der Waals surface area contributed by atoms with E-state index in [1.54, 1.807) is 11.9 Å². The van der Waals surface area contributed by atoms with Crippen LogP contribution in [0.25, 0.3) is 0 Å². The SMILES string of the molecule is CC.CSNCc1ccc(CN2CCC(c3cccc(C(F)(F)F)c3)CC2)cc1. The van der Waals surface area contributed by atoms with Crippen LogP contribution >= 0.6 is 11.9 Å². The molecule has 1 N–H and O–H groups in total. The Morgan fingerprint density at radius 2 is 1.62 bits per heavy atom. The molecule has 160 valence electrons. The third-order valence-corrected chi connectivity index (χ3v) is 5.56. The lowest BCUT2D eigenvalue weighted by Crippen LogP contribution is -2.32. The molecule has 0 spiro atoms. The number of rotatable bonds is 6. The van der Waals surface area contributed by atoms with Gasteiger partial charge in [0.05, 0.1) is 5.56 Å². The molecular weight excluding hydrogens is 393 g/mol. The molecule has 2 nitrogen and oxygen atoms in total. The van der Waals surface area contributed by atoms with Crippen LogP contribution in [-0.2, 0) is 19.3 Å². The van der Waals surface area contributed by atoms with Crippen LogP contribution in [0, 0.1) is 0 Å². The zero-order valence-corrected chi connectivity index (χ0v) is 18.2. The van der Waals surface area contributed by atoms with Gasteiger partial charge in [-0.05, 0) is 60.9 Å². The first-order valence-corrected chi connectivity index (χ1v) is 11.4. The molecule has 3 rings (SSSR count). The van der Waals surface area contributed by atoms with Crippen molar-refractivity contribution < 1.29 is 13.2 Å². The third kappa shape index (κ3) is 7.36. The number of likely N-dealkylation sites (tertiary alicyclic amines) is 1. The Morgan fingerprint density at radius 3 is 2.21 bits per heavy atom. The van der Waals surface area contributed by atoms with Crippen molar-refractivity contribution in [1.82, 2.24) is 9.62 Å². The van der Waals surface area contributed by atoms with E-state index in [1.165, 1.54) is 23.3 Å². The fourth-order valence-corrected chi connectivity index (χ4v) is 3.88. The first-order chi connectivity index (χ1) is 14.0. The van der Waals surface area contributed by atoms with E-state index in [2.05, 4.69) is 33.9 Å². The number of piperidine rings is 1. The largest absolute Gasteiger partial charge is 0.416 e. The van der Waals surface area contributed by atoms with Gasteiger partial charge >= 0.3 is 6.18 Å². The molecule has 1 aliphatic heterocycles. The molecule has 0 amide bonds. The van der Waals surface area contributed by atoms with Gasteiger partial charge in [-0.25, -0.2) is 0 Å². The number of hydrogen-bond acceptors (Lipinski definition) is 3. The van der Waals surface area contributed by atoms with E-state index >= 15 is 0 Å². The van der Waals surface area contributed by atoms with Gasteiger partial charge in [-0.2, -0.15) is 13.2 Å². The van der Waals surface area contributed by atoms with E-state index in [0.717, 1.165) is 50.7 Å². The maximum Gasteiger partial charge on any atom is 0.416 e. The van der Waals surface area contributed by atoms with E-state index in [9.17, 15) is 13.2 Å². The smallest absolute Gasteiger partial charge is 0.299 e. The summed E-state index contributed by atoms with van der Waals surface area (Å²) in [6.07, 6.45) is -0.459. The zero-order chi connectivity index (χ0) is 21.3. The fraction of sp³-hybridized carbons (Fsp3) is 0.478. The summed E-state index contributed by atoms with van der Waals surface area (Å²) in [7, 11) is 0. The number of benzene rings is 2. The van der Waals surface area contributed by atoms with Gasteiger partial charge in [0, 0.05) is 13.1 Å². The van der Waals surface area contributed by atoms with Crippen LogP contribution in [0.15, 0.2) is 48.5 Å². The minimum absolute atomic E-state index is 0.212. The molecule has 0 bridgehead atoms. The molecule has 2 aromatic rings. The fourth-order valence-electron chi connectivity index (χ4n) is 3.57. The van der Waals surface area contributed by atoms with Crippen molar-refractivity contribution in [3.63, 3.8) is 0 Å². The first kappa shape index (κ1) is 23.8. The quantitative estimate of drug-likeness (QED) is 0.534. The number of halogens is 3. The van der Waals surface area contributed by atoms with E-state index < -0.39 is 11.7 Å². The molecule has 1 heterocycles.